The van der Waals surface area contributed by atoms with Crippen LogP contribution < -0.4 is 24.4 Å². The molecule has 2 heterocycles. The maximum Gasteiger partial charge on any atom is 0.338 e. The van der Waals surface area contributed by atoms with Gasteiger partial charge in [-0.25, -0.2) is 9.79 Å². The second kappa shape index (κ2) is 11.0. The average Bonchev–Trinajstić information content (AvgIpc) is 3.14. The third-order valence-corrected chi connectivity index (χ3v) is 7.94. The Balaban J connectivity index is 2.00. The summed E-state index contributed by atoms with van der Waals surface area (Å²) >= 11 is 6.72. The first-order valence-corrected chi connectivity index (χ1v) is 13.9. The van der Waals surface area contributed by atoms with Crippen molar-refractivity contribution in [1.82, 2.24) is 4.57 Å². The molecular formula is C26H24BrIN2O6S. The van der Waals surface area contributed by atoms with Gasteiger partial charge in [-0.1, -0.05) is 27.3 Å². The van der Waals surface area contributed by atoms with Gasteiger partial charge in [0.15, 0.2) is 16.3 Å². The number of nitrogens with zero attached hydrogens (tertiary/aromatic N) is 2. The summed E-state index contributed by atoms with van der Waals surface area (Å²) in [5.41, 5.74) is 1.71. The SMILES string of the molecule is COc1ccc(Br)cc1[C@@H]1C(C(=O)OC(C)C)=C(C)N=c2s/c(=C\c3cc(I)c(O)c(OC)c3)c(=O)n21. The molecule has 37 heavy (non-hydrogen) atoms. The van der Waals surface area contributed by atoms with Crippen LogP contribution in [0.3, 0.4) is 0 Å². The first kappa shape index (κ1) is 27.4. The van der Waals surface area contributed by atoms with Crippen LogP contribution in [0.2, 0.25) is 0 Å². The zero-order valence-corrected chi connectivity index (χ0v) is 25.2. The normalized spacial score (nSPS) is 15.5. The molecule has 0 radical (unpaired) electrons. The summed E-state index contributed by atoms with van der Waals surface area (Å²) in [4.78, 5) is 32.2. The molecule has 1 N–H and O–H groups in total. The number of fused-ring (bicyclic) bond motifs is 1. The standard InChI is InChI=1S/C26H24BrIN2O6S/c1-12(2)36-25(33)21-13(3)29-26-30(22(21)16-11-15(27)6-7-18(16)34-4)24(32)20(37-26)10-14-8-17(28)23(31)19(9-14)35-5/h6-12,22,31H,1-5H3/b20-10-/t22-/m1/s1. The number of benzene rings is 2. The molecule has 8 nitrogen and oxygen atoms in total. The van der Waals surface area contributed by atoms with E-state index in [1.165, 1.54) is 23.0 Å². The van der Waals surface area contributed by atoms with E-state index < -0.39 is 12.0 Å². The molecule has 0 amide bonds. The number of thiazole rings is 1. The first-order chi connectivity index (χ1) is 17.5. The summed E-state index contributed by atoms with van der Waals surface area (Å²) in [7, 11) is 3.01. The number of aromatic hydroxyl groups is 1. The number of hydrogen-bond acceptors (Lipinski definition) is 8. The number of phenols is 1. The number of halogens is 2. The fraction of sp³-hybridized carbons (Fsp3) is 0.269. The highest BCUT2D eigenvalue weighted by Crippen LogP contribution is 2.37. The maximum atomic E-state index is 13.9. The van der Waals surface area contributed by atoms with Crippen LogP contribution in [0, 0.1) is 3.57 Å². The van der Waals surface area contributed by atoms with Crippen LogP contribution in [0.1, 0.15) is 37.9 Å². The van der Waals surface area contributed by atoms with Gasteiger partial charge in [-0.2, -0.15) is 0 Å². The molecule has 0 saturated carbocycles. The van der Waals surface area contributed by atoms with E-state index in [1.807, 2.05) is 34.7 Å². The fourth-order valence-electron chi connectivity index (χ4n) is 4.06. The van der Waals surface area contributed by atoms with Crippen molar-refractivity contribution >= 4 is 61.9 Å². The van der Waals surface area contributed by atoms with E-state index >= 15 is 0 Å². The number of phenolic OH excluding ortho intramolecular Hbond substituents is 1. The Morgan fingerprint density at radius 1 is 1.22 bits per heavy atom. The van der Waals surface area contributed by atoms with Crippen molar-refractivity contribution < 1.29 is 24.1 Å². The number of hydrogen-bond donors (Lipinski definition) is 1. The number of esters is 1. The van der Waals surface area contributed by atoms with Gasteiger partial charge in [0.2, 0.25) is 0 Å². The largest absolute Gasteiger partial charge is 0.504 e. The molecule has 0 unspecified atom stereocenters. The molecule has 1 aliphatic rings. The van der Waals surface area contributed by atoms with Crippen molar-refractivity contribution in [3.8, 4) is 17.2 Å². The Morgan fingerprint density at radius 3 is 2.57 bits per heavy atom. The van der Waals surface area contributed by atoms with Crippen molar-refractivity contribution in [3.05, 3.63) is 80.5 Å². The topological polar surface area (TPSA) is 99.4 Å². The third-order valence-electron chi connectivity index (χ3n) is 5.64. The van der Waals surface area contributed by atoms with E-state index in [9.17, 15) is 14.7 Å². The number of aromatic nitrogens is 1. The zero-order valence-electron chi connectivity index (χ0n) is 20.7. The summed E-state index contributed by atoms with van der Waals surface area (Å²) in [5, 5.41) is 10.2. The summed E-state index contributed by atoms with van der Waals surface area (Å²) in [6.45, 7) is 5.27. The molecule has 194 valence electrons. The molecule has 3 aromatic rings. The van der Waals surface area contributed by atoms with Crippen molar-refractivity contribution in [1.29, 1.82) is 0 Å². The minimum absolute atomic E-state index is 0.0346. The second-order valence-electron chi connectivity index (χ2n) is 8.48. The van der Waals surface area contributed by atoms with Crippen LogP contribution in [-0.4, -0.2) is 36.0 Å². The maximum absolute atomic E-state index is 13.9. The van der Waals surface area contributed by atoms with Crippen molar-refractivity contribution in [2.75, 3.05) is 14.2 Å². The highest BCUT2D eigenvalue weighted by Gasteiger charge is 2.35. The van der Waals surface area contributed by atoms with Gasteiger partial charge in [0, 0.05) is 10.0 Å². The van der Waals surface area contributed by atoms with Crippen LogP contribution in [0.15, 0.2) is 55.9 Å². The van der Waals surface area contributed by atoms with Crippen LogP contribution in [0.5, 0.6) is 17.2 Å². The minimum atomic E-state index is -0.813. The first-order valence-electron chi connectivity index (χ1n) is 11.2. The lowest BCUT2D eigenvalue weighted by atomic mass is 9.95. The minimum Gasteiger partial charge on any atom is -0.504 e. The van der Waals surface area contributed by atoms with E-state index in [-0.39, 0.29) is 23.0 Å². The molecule has 11 heteroatoms. The molecule has 0 saturated heterocycles. The molecule has 2 aromatic carbocycles. The summed E-state index contributed by atoms with van der Waals surface area (Å²) < 4.78 is 19.7. The number of ether oxygens (including phenoxy) is 3. The van der Waals surface area contributed by atoms with Crippen molar-refractivity contribution in [3.63, 3.8) is 0 Å². The van der Waals surface area contributed by atoms with Gasteiger partial charge in [0.25, 0.3) is 5.56 Å². The second-order valence-corrected chi connectivity index (χ2v) is 11.6. The van der Waals surface area contributed by atoms with Crippen LogP contribution in [-0.2, 0) is 9.53 Å². The van der Waals surface area contributed by atoms with E-state index in [2.05, 4.69) is 20.9 Å². The van der Waals surface area contributed by atoms with E-state index in [4.69, 9.17) is 14.2 Å². The van der Waals surface area contributed by atoms with Gasteiger partial charge in [-0.15, -0.1) is 0 Å². The molecular weight excluding hydrogens is 675 g/mol. The van der Waals surface area contributed by atoms with Crippen molar-refractivity contribution in [2.45, 2.75) is 32.9 Å². The van der Waals surface area contributed by atoms with Crippen LogP contribution >= 0.6 is 49.9 Å². The molecule has 1 atom stereocenters. The molecule has 0 spiro atoms. The van der Waals surface area contributed by atoms with E-state index in [1.54, 1.807) is 52.2 Å². The summed E-state index contributed by atoms with van der Waals surface area (Å²) in [5.74, 6) is 0.310. The number of methoxy groups -OCH3 is 2. The highest BCUT2D eigenvalue weighted by atomic mass is 127. The van der Waals surface area contributed by atoms with Gasteiger partial charge in [0.1, 0.15) is 11.8 Å². The Labute approximate surface area is 239 Å². The van der Waals surface area contributed by atoms with Gasteiger partial charge >= 0.3 is 5.97 Å². The lowest BCUT2D eigenvalue weighted by Gasteiger charge is -2.26. The average molecular weight is 699 g/mol. The van der Waals surface area contributed by atoms with Gasteiger partial charge < -0.3 is 19.3 Å². The fourth-order valence-corrected chi connectivity index (χ4v) is 6.11. The predicted molar refractivity (Wildman–Crippen MR) is 153 cm³/mol. The number of carbonyl (C=O) groups is 1. The molecule has 0 fully saturated rings. The molecule has 0 bridgehead atoms. The van der Waals surface area contributed by atoms with Gasteiger partial charge in [0.05, 0.1) is 39.7 Å². The molecule has 0 aliphatic carbocycles. The molecule has 4 rings (SSSR count). The number of allylic oxidation sites excluding steroid dienone is 1. The monoisotopic (exact) mass is 698 g/mol. The third kappa shape index (κ3) is 5.34. The summed E-state index contributed by atoms with van der Waals surface area (Å²) in [6.07, 6.45) is 1.36. The highest BCUT2D eigenvalue weighted by molar-refractivity contribution is 14.1. The number of carbonyl (C=O) groups excluding carboxylic acids is 1. The lowest BCUT2D eigenvalue weighted by molar-refractivity contribution is -0.143. The van der Waals surface area contributed by atoms with E-state index in [0.29, 0.717) is 41.2 Å². The Kier molecular flexibility index (Phi) is 8.14. The lowest BCUT2D eigenvalue weighted by Crippen LogP contribution is -2.40. The number of rotatable bonds is 6. The van der Waals surface area contributed by atoms with Gasteiger partial charge in [-0.05, 0) is 85.3 Å². The Hall–Kier alpha value is -2.64. The predicted octanol–water partition coefficient (Wildman–Crippen LogP) is 4.28. The quantitative estimate of drug-likeness (QED) is 0.305. The van der Waals surface area contributed by atoms with Crippen LogP contribution in [0.4, 0.5) is 0 Å². The van der Waals surface area contributed by atoms with Gasteiger partial charge in [-0.3, -0.25) is 9.36 Å². The van der Waals surface area contributed by atoms with Crippen LogP contribution in [0.25, 0.3) is 6.08 Å². The Bertz CT molecular complexity index is 1610. The summed E-state index contributed by atoms with van der Waals surface area (Å²) in [6, 6.07) is 8.03. The smallest absolute Gasteiger partial charge is 0.338 e. The zero-order chi connectivity index (χ0) is 27.0. The molecule has 1 aliphatic heterocycles. The van der Waals surface area contributed by atoms with Crippen molar-refractivity contribution in [2.24, 2.45) is 4.99 Å². The van der Waals surface area contributed by atoms with E-state index in [0.717, 1.165) is 4.47 Å². The molecule has 1 aromatic heterocycles. The Morgan fingerprint density at radius 2 is 1.92 bits per heavy atom.